The van der Waals surface area contributed by atoms with Gasteiger partial charge >= 0.3 is 6.03 Å². The molecule has 3 rings (SSSR count). The zero-order valence-electron chi connectivity index (χ0n) is 12.5. The summed E-state index contributed by atoms with van der Waals surface area (Å²) in [4.78, 5) is 16.3. The molecule has 0 aliphatic carbocycles. The molecule has 23 heavy (non-hydrogen) atoms. The van der Waals surface area contributed by atoms with Gasteiger partial charge in [-0.15, -0.1) is 0 Å². The van der Waals surface area contributed by atoms with Crippen molar-refractivity contribution in [3.05, 3.63) is 96.3 Å². The highest BCUT2D eigenvalue weighted by atomic mass is 16.2. The van der Waals surface area contributed by atoms with E-state index < -0.39 is 0 Å². The number of carbonyl (C=O) groups excluding carboxylic acids is 1. The highest BCUT2D eigenvalue weighted by Gasteiger charge is 2.16. The fourth-order valence-corrected chi connectivity index (χ4v) is 2.39. The van der Waals surface area contributed by atoms with Gasteiger partial charge in [0, 0.05) is 6.20 Å². The van der Waals surface area contributed by atoms with Crippen LogP contribution in [0.4, 0.5) is 10.5 Å². The Balaban J connectivity index is 1.81. The Morgan fingerprint density at radius 3 is 1.96 bits per heavy atom. The molecule has 2 aromatic carbocycles. The van der Waals surface area contributed by atoms with E-state index in [-0.39, 0.29) is 12.1 Å². The fraction of sp³-hybridized carbons (Fsp3) is 0.0526. The van der Waals surface area contributed by atoms with Crippen molar-refractivity contribution in [2.75, 3.05) is 5.32 Å². The number of nitrogens with zero attached hydrogens (tertiary/aromatic N) is 1. The van der Waals surface area contributed by atoms with Crippen LogP contribution in [0, 0.1) is 0 Å². The zero-order chi connectivity index (χ0) is 15.9. The molecular weight excluding hydrogens is 286 g/mol. The molecule has 1 aromatic heterocycles. The second kappa shape index (κ2) is 7.22. The Hall–Kier alpha value is -3.14. The van der Waals surface area contributed by atoms with E-state index >= 15 is 0 Å². The number of benzene rings is 2. The Labute approximate surface area is 135 Å². The first-order valence-corrected chi connectivity index (χ1v) is 7.40. The molecule has 0 saturated heterocycles. The number of carbonyl (C=O) groups is 1. The van der Waals surface area contributed by atoms with Crippen molar-refractivity contribution in [3.8, 4) is 0 Å². The van der Waals surface area contributed by atoms with Crippen molar-refractivity contribution in [1.82, 2.24) is 10.3 Å². The maximum absolute atomic E-state index is 12.3. The number of aromatic nitrogens is 1. The van der Waals surface area contributed by atoms with E-state index in [1.807, 2.05) is 60.7 Å². The van der Waals surface area contributed by atoms with Crippen molar-refractivity contribution >= 4 is 11.7 Å². The third kappa shape index (κ3) is 3.95. The highest BCUT2D eigenvalue weighted by Crippen LogP contribution is 2.21. The molecule has 0 aliphatic rings. The van der Waals surface area contributed by atoms with Gasteiger partial charge in [-0.25, -0.2) is 4.79 Å². The number of hydrogen-bond acceptors (Lipinski definition) is 2. The SMILES string of the molecule is O=C(Nc1cccnc1)NC(c1ccccc1)c1ccccc1. The molecule has 0 spiro atoms. The molecule has 0 atom stereocenters. The van der Waals surface area contributed by atoms with Gasteiger partial charge in [-0.3, -0.25) is 4.98 Å². The highest BCUT2D eigenvalue weighted by molar-refractivity contribution is 5.89. The first-order chi connectivity index (χ1) is 11.3. The Kier molecular flexibility index (Phi) is 4.64. The largest absolute Gasteiger partial charge is 0.327 e. The number of urea groups is 1. The van der Waals surface area contributed by atoms with Gasteiger partial charge in [0.05, 0.1) is 17.9 Å². The lowest BCUT2D eigenvalue weighted by molar-refractivity contribution is 0.250. The minimum atomic E-state index is -0.268. The average Bonchev–Trinajstić information content (AvgIpc) is 2.62. The van der Waals surface area contributed by atoms with Crippen LogP contribution in [0.1, 0.15) is 17.2 Å². The molecule has 1 heterocycles. The number of rotatable bonds is 4. The van der Waals surface area contributed by atoms with E-state index in [0.29, 0.717) is 5.69 Å². The van der Waals surface area contributed by atoms with Gasteiger partial charge in [0.1, 0.15) is 0 Å². The minimum Gasteiger partial charge on any atom is -0.327 e. The third-order valence-corrected chi connectivity index (χ3v) is 3.46. The van der Waals surface area contributed by atoms with Crippen LogP contribution >= 0.6 is 0 Å². The van der Waals surface area contributed by atoms with Gasteiger partial charge in [0.25, 0.3) is 0 Å². The van der Waals surface area contributed by atoms with Crippen LogP contribution < -0.4 is 10.6 Å². The molecule has 3 aromatic rings. The first-order valence-electron chi connectivity index (χ1n) is 7.40. The smallest absolute Gasteiger partial charge is 0.320 e. The Morgan fingerprint density at radius 2 is 1.43 bits per heavy atom. The van der Waals surface area contributed by atoms with Crippen molar-refractivity contribution in [2.45, 2.75) is 6.04 Å². The Bertz CT molecular complexity index is 706. The summed E-state index contributed by atoms with van der Waals surface area (Å²) in [7, 11) is 0. The summed E-state index contributed by atoms with van der Waals surface area (Å²) in [5.41, 5.74) is 2.71. The van der Waals surface area contributed by atoms with Crippen molar-refractivity contribution in [3.63, 3.8) is 0 Å². The number of anilines is 1. The van der Waals surface area contributed by atoms with E-state index in [9.17, 15) is 4.79 Å². The molecule has 2 N–H and O–H groups in total. The van der Waals surface area contributed by atoms with E-state index in [4.69, 9.17) is 0 Å². The molecule has 0 aliphatic heterocycles. The molecule has 0 fully saturated rings. The maximum Gasteiger partial charge on any atom is 0.320 e. The van der Waals surface area contributed by atoms with E-state index in [1.54, 1.807) is 24.5 Å². The summed E-state index contributed by atoms with van der Waals surface area (Å²) in [5.74, 6) is 0. The summed E-state index contributed by atoms with van der Waals surface area (Å²) in [6.07, 6.45) is 3.28. The second-order valence-corrected chi connectivity index (χ2v) is 5.09. The first kappa shape index (κ1) is 14.8. The van der Waals surface area contributed by atoms with Gasteiger partial charge < -0.3 is 10.6 Å². The molecule has 114 valence electrons. The van der Waals surface area contributed by atoms with Crippen LogP contribution in [0.2, 0.25) is 0 Å². The van der Waals surface area contributed by atoms with Crippen molar-refractivity contribution in [2.24, 2.45) is 0 Å². The monoisotopic (exact) mass is 303 g/mol. The lowest BCUT2D eigenvalue weighted by atomic mass is 9.99. The molecule has 0 unspecified atom stereocenters. The fourth-order valence-electron chi connectivity index (χ4n) is 2.39. The molecule has 0 saturated carbocycles. The summed E-state index contributed by atoms with van der Waals surface area (Å²) < 4.78 is 0. The maximum atomic E-state index is 12.3. The van der Waals surface area contributed by atoms with Crippen LogP contribution in [-0.4, -0.2) is 11.0 Å². The number of hydrogen-bond donors (Lipinski definition) is 2. The summed E-state index contributed by atoms with van der Waals surface area (Å²) >= 11 is 0. The average molecular weight is 303 g/mol. The third-order valence-electron chi connectivity index (χ3n) is 3.46. The van der Waals surface area contributed by atoms with Gasteiger partial charge in [-0.1, -0.05) is 60.7 Å². The summed E-state index contributed by atoms with van der Waals surface area (Å²) in [6.45, 7) is 0. The van der Waals surface area contributed by atoms with Gasteiger partial charge in [0.15, 0.2) is 0 Å². The topological polar surface area (TPSA) is 54.0 Å². The molecule has 2 amide bonds. The standard InChI is InChI=1S/C19H17N3O/c23-19(21-17-12-7-13-20-14-17)22-18(15-8-3-1-4-9-15)16-10-5-2-6-11-16/h1-14,18H,(H2,21,22,23). The van der Waals surface area contributed by atoms with Crippen molar-refractivity contribution < 1.29 is 4.79 Å². The van der Waals surface area contributed by atoms with Crippen LogP contribution in [0.25, 0.3) is 0 Å². The van der Waals surface area contributed by atoms with Crippen LogP contribution in [-0.2, 0) is 0 Å². The predicted octanol–water partition coefficient (Wildman–Crippen LogP) is 3.99. The lowest BCUT2D eigenvalue weighted by Gasteiger charge is -2.20. The second-order valence-electron chi connectivity index (χ2n) is 5.09. The Morgan fingerprint density at radius 1 is 0.826 bits per heavy atom. The van der Waals surface area contributed by atoms with Gasteiger partial charge in [-0.2, -0.15) is 0 Å². The van der Waals surface area contributed by atoms with Crippen molar-refractivity contribution in [1.29, 1.82) is 0 Å². The number of pyridine rings is 1. The zero-order valence-corrected chi connectivity index (χ0v) is 12.5. The quantitative estimate of drug-likeness (QED) is 0.765. The molecule has 0 radical (unpaired) electrons. The predicted molar refractivity (Wildman–Crippen MR) is 91.1 cm³/mol. The number of nitrogens with one attached hydrogen (secondary N) is 2. The number of amides is 2. The van der Waals surface area contributed by atoms with Gasteiger partial charge in [0.2, 0.25) is 0 Å². The summed E-state index contributed by atoms with van der Waals surface area (Å²) in [5, 5.41) is 5.82. The van der Waals surface area contributed by atoms with E-state index in [1.165, 1.54) is 0 Å². The molecular formula is C19H17N3O. The van der Waals surface area contributed by atoms with E-state index in [2.05, 4.69) is 15.6 Å². The van der Waals surface area contributed by atoms with Crippen LogP contribution in [0.3, 0.4) is 0 Å². The van der Waals surface area contributed by atoms with Gasteiger partial charge in [-0.05, 0) is 23.3 Å². The molecule has 4 heteroatoms. The molecule has 4 nitrogen and oxygen atoms in total. The molecule has 0 bridgehead atoms. The van der Waals surface area contributed by atoms with Crippen LogP contribution in [0.5, 0.6) is 0 Å². The lowest BCUT2D eigenvalue weighted by Crippen LogP contribution is -2.33. The minimum absolute atomic E-state index is 0.214. The summed E-state index contributed by atoms with van der Waals surface area (Å²) in [6, 6.07) is 22.9. The normalized spacial score (nSPS) is 10.3. The van der Waals surface area contributed by atoms with Crippen LogP contribution in [0.15, 0.2) is 85.2 Å². The van der Waals surface area contributed by atoms with E-state index in [0.717, 1.165) is 11.1 Å².